The molecule has 5 heteroatoms. The topological polar surface area (TPSA) is 24.5 Å². The highest BCUT2D eigenvalue weighted by Crippen LogP contribution is 2.37. The molecule has 2 fully saturated rings. The van der Waals surface area contributed by atoms with Gasteiger partial charge in [-0.15, -0.1) is 0 Å². The maximum absolute atomic E-state index is 14.5. The third kappa shape index (κ3) is 3.75. The second-order valence-corrected chi connectivity index (χ2v) is 7.09. The molecule has 2 heterocycles. The number of rotatable bonds is 3. The summed E-state index contributed by atoms with van der Waals surface area (Å²) < 4.78 is 21.1. The number of nitrogens with zero attached hydrogens (tertiary/aromatic N) is 1. The van der Waals surface area contributed by atoms with Crippen LogP contribution in [0.4, 0.5) is 4.39 Å². The predicted octanol–water partition coefficient (Wildman–Crippen LogP) is 2.80. The molecule has 0 unspecified atom stereocenters. The molecule has 3 rings (SSSR count). The van der Waals surface area contributed by atoms with E-state index in [2.05, 4.69) is 32.8 Å². The van der Waals surface area contributed by atoms with Crippen molar-refractivity contribution in [3.05, 3.63) is 33.1 Å². The molecule has 21 heavy (non-hydrogen) atoms. The van der Waals surface area contributed by atoms with Gasteiger partial charge in [-0.3, -0.25) is 4.90 Å². The van der Waals surface area contributed by atoms with Crippen molar-refractivity contribution < 1.29 is 9.13 Å². The van der Waals surface area contributed by atoms with Crippen LogP contribution in [0.3, 0.4) is 0 Å². The number of nitrogens with one attached hydrogen (secondary N) is 1. The molecule has 116 valence electrons. The molecule has 0 radical (unpaired) electrons. The zero-order valence-corrected chi connectivity index (χ0v) is 14.3. The molecule has 0 spiro atoms. The van der Waals surface area contributed by atoms with Crippen molar-refractivity contribution >= 4 is 22.6 Å². The molecule has 1 atom stereocenters. The minimum absolute atomic E-state index is 0.0644. The number of ether oxygens (including phenoxy) is 1. The maximum Gasteiger partial charge on any atom is 0.128 e. The average molecular weight is 404 g/mol. The van der Waals surface area contributed by atoms with Gasteiger partial charge >= 0.3 is 0 Å². The molecule has 0 amide bonds. The van der Waals surface area contributed by atoms with Gasteiger partial charge in [-0.25, -0.2) is 4.39 Å². The highest BCUT2D eigenvalue weighted by molar-refractivity contribution is 14.1. The SMILES string of the molecule is Fc1ccc(I)cc1[C@H](C1CCOCC1)N1CCNCC1. The molecule has 3 nitrogen and oxygen atoms in total. The monoisotopic (exact) mass is 404 g/mol. The minimum Gasteiger partial charge on any atom is -0.381 e. The van der Waals surface area contributed by atoms with Crippen LogP contribution in [0.5, 0.6) is 0 Å². The van der Waals surface area contributed by atoms with Gasteiger partial charge in [0.15, 0.2) is 0 Å². The van der Waals surface area contributed by atoms with Crippen molar-refractivity contribution in [1.82, 2.24) is 10.2 Å². The third-order valence-corrected chi connectivity index (χ3v) is 5.21. The van der Waals surface area contributed by atoms with E-state index in [-0.39, 0.29) is 11.9 Å². The van der Waals surface area contributed by atoms with Crippen molar-refractivity contribution in [3.63, 3.8) is 0 Å². The van der Waals surface area contributed by atoms with Crippen molar-refractivity contribution in [1.29, 1.82) is 0 Å². The molecule has 2 saturated heterocycles. The van der Waals surface area contributed by atoms with Crippen LogP contribution < -0.4 is 5.32 Å². The van der Waals surface area contributed by atoms with E-state index in [0.29, 0.717) is 5.92 Å². The Morgan fingerprint density at radius 3 is 2.67 bits per heavy atom. The zero-order chi connectivity index (χ0) is 14.7. The van der Waals surface area contributed by atoms with Crippen molar-refractivity contribution in [2.75, 3.05) is 39.4 Å². The van der Waals surface area contributed by atoms with Gasteiger partial charge in [-0.2, -0.15) is 0 Å². The van der Waals surface area contributed by atoms with Crippen LogP contribution in [0.1, 0.15) is 24.4 Å². The first kappa shape index (κ1) is 15.6. The smallest absolute Gasteiger partial charge is 0.128 e. The molecule has 0 aliphatic carbocycles. The fourth-order valence-corrected chi connectivity index (χ4v) is 4.00. The summed E-state index contributed by atoms with van der Waals surface area (Å²) in [4.78, 5) is 2.46. The van der Waals surface area contributed by atoms with E-state index in [4.69, 9.17) is 4.74 Å². The molecule has 0 aromatic heterocycles. The third-order valence-electron chi connectivity index (χ3n) is 4.53. The number of benzene rings is 1. The quantitative estimate of drug-likeness (QED) is 0.785. The summed E-state index contributed by atoms with van der Waals surface area (Å²) in [6, 6.07) is 5.67. The summed E-state index contributed by atoms with van der Waals surface area (Å²) in [5.41, 5.74) is 0.871. The van der Waals surface area contributed by atoms with Crippen LogP contribution in [0.25, 0.3) is 0 Å². The summed E-state index contributed by atoms with van der Waals surface area (Å²) in [6.45, 7) is 5.58. The highest BCUT2D eigenvalue weighted by atomic mass is 127. The van der Waals surface area contributed by atoms with Crippen LogP contribution in [0.2, 0.25) is 0 Å². The maximum atomic E-state index is 14.5. The molecule has 2 aliphatic rings. The first-order valence-electron chi connectivity index (χ1n) is 7.73. The van der Waals surface area contributed by atoms with E-state index in [1.807, 2.05) is 12.1 Å². The average Bonchev–Trinajstić information content (AvgIpc) is 2.53. The number of halogens is 2. The fourth-order valence-electron chi connectivity index (χ4n) is 3.48. The lowest BCUT2D eigenvalue weighted by Crippen LogP contribution is -2.47. The van der Waals surface area contributed by atoms with Crippen molar-refractivity contribution in [3.8, 4) is 0 Å². The fraction of sp³-hybridized carbons (Fsp3) is 0.625. The molecule has 0 saturated carbocycles. The van der Waals surface area contributed by atoms with Gasteiger partial charge in [-0.05, 0) is 59.5 Å². The summed E-state index contributed by atoms with van der Waals surface area (Å²) >= 11 is 2.27. The first-order chi connectivity index (χ1) is 10.3. The minimum atomic E-state index is -0.0644. The summed E-state index contributed by atoms with van der Waals surface area (Å²) in [5, 5.41) is 3.39. The molecule has 0 bridgehead atoms. The van der Waals surface area contributed by atoms with E-state index >= 15 is 0 Å². The van der Waals surface area contributed by atoms with Crippen LogP contribution in [0, 0.1) is 15.3 Å². The molecule has 2 aliphatic heterocycles. The van der Waals surface area contributed by atoms with Gasteiger partial charge in [0.25, 0.3) is 0 Å². The van der Waals surface area contributed by atoms with Gasteiger partial charge in [0.2, 0.25) is 0 Å². The van der Waals surface area contributed by atoms with E-state index in [9.17, 15) is 4.39 Å². The van der Waals surface area contributed by atoms with E-state index in [0.717, 1.165) is 61.4 Å². The lowest BCUT2D eigenvalue weighted by Gasteiger charge is -2.41. The van der Waals surface area contributed by atoms with Crippen LogP contribution in [-0.4, -0.2) is 44.3 Å². The Hall–Kier alpha value is -0.240. The number of hydrogen-bond acceptors (Lipinski definition) is 3. The van der Waals surface area contributed by atoms with E-state index < -0.39 is 0 Å². The van der Waals surface area contributed by atoms with Gasteiger partial charge in [0, 0.05) is 54.6 Å². The van der Waals surface area contributed by atoms with Gasteiger partial charge in [-0.1, -0.05) is 0 Å². The van der Waals surface area contributed by atoms with Crippen molar-refractivity contribution in [2.24, 2.45) is 5.92 Å². The molecule has 1 aromatic carbocycles. The van der Waals surface area contributed by atoms with Crippen LogP contribution in [0.15, 0.2) is 18.2 Å². The zero-order valence-electron chi connectivity index (χ0n) is 12.2. The molecular formula is C16H22FIN2O. The molecule has 1 aromatic rings. The Morgan fingerprint density at radius 2 is 1.95 bits per heavy atom. The van der Waals surface area contributed by atoms with E-state index in [1.165, 1.54) is 0 Å². The number of piperazine rings is 1. The van der Waals surface area contributed by atoms with Gasteiger partial charge in [0.05, 0.1) is 0 Å². The summed E-state index contributed by atoms with van der Waals surface area (Å²) in [6.07, 6.45) is 2.05. The van der Waals surface area contributed by atoms with E-state index in [1.54, 1.807) is 6.07 Å². The standard InChI is InChI=1S/C16H22FIN2O/c17-15-2-1-13(18)11-14(15)16(12-3-9-21-10-4-12)20-7-5-19-6-8-20/h1-2,11-12,16,19H,3-10H2/t16-/m0/s1. The van der Waals surface area contributed by atoms with Gasteiger partial charge in [0.1, 0.15) is 5.82 Å². The first-order valence-corrected chi connectivity index (χ1v) is 8.81. The van der Waals surface area contributed by atoms with Crippen LogP contribution >= 0.6 is 22.6 Å². The number of hydrogen-bond donors (Lipinski definition) is 1. The van der Waals surface area contributed by atoms with Crippen LogP contribution in [-0.2, 0) is 4.74 Å². The van der Waals surface area contributed by atoms with Crippen molar-refractivity contribution in [2.45, 2.75) is 18.9 Å². The normalized spacial score (nSPS) is 23.1. The lowest BCUT2D eigenvalue weighted by molar-refractivity contribution is 0.0202. The molecular weight excluding hydrogens is 382 g/mol. The second kappa shape index (κ2) is 7.35. The highest BCUT2D eigenvalue weighted by Gasteiger charge is 2.32. The van der Waals surface area contributed by atoms with Gasteiger partial charge < -0.3 is 10.1 Å². The Labute approximate surface area is 139 Å². The second-order valence-electron chi connectivity index (χ2n) is 5.85. The Morgan fingerprint density at radius 1 is 1.24 bits per heavy atom. The Bertz CT molecular complexity index is 455. The Kier molecular flexibility index (Phi) is 5.48. The molecule has 1 N–H and O–H groups in total. The summed E-state index contributed by atoms with van der Waals surface area (Å²) in [7, 11) is 0. The predicted molar refractivity (Wildman–Crippen MR) is 89.8 cm³/mol. The lowest BCUT2D eigenvalue weighted by atomic mass is 9.85. The largest absolute Gasteiger partial charge is 0.381 e. The summed E-state index contributed by atoms with van der Waals surface area (Å²) in [5.74, 6) is 0.426. The Balaban J connectivity index is 1.91.